The zero-order chi connectivity index (χ0) is 13.9. The van der Waals surface area contributed by atoms with E-state index in [9.17, 15) is 0 Å². The highest BCUT2D eigenvalue weighted by molar-refractivity contribution is 6.30. The predicted octanol–water partition coefficient (Wildman–Crippen LogP) is 3.68. The molecule has 0 aliphatic heterocycles. The van der Waals surface area contributed by atoms with Crippen molar-refractivity contribution in [2.24, 2.45) is 5.41 Å². The quantitative estimate of drug-likeness (QED) is 0.803. The maximum Gasteiger partial charge on any atom is 0.0521 e. The highest BCUT2D eigenvalue weighted by atomic mass is 35.5. The van der Waals surface area contributed by atoms with Crippen molar-refractivity contribution in [3.05, 3.63) is 34.9 Å². The molecule has 0 aromatic heterocycles. The molecule has 1 aliphatic carbocycles. The lowest BCUT2D eigenvalue weighted by Crippen LogP contribution is -2.57. The van der Waals surface area contributed by atoms with Gasteiger partial charge in [0.25, 0.3) is 0 Å². The van der Waals surface area contributed by atoms with Gasteiger partial charge in [-0.05, 0) is 56.3 Å². The van der Waals surface area contributed by atoms with Crippen molar-refractivity contribution < 1.29 is 4.74 Å². The molecule has 2 nitrogen and oxygen atoms in total. The number of ether oxygens (including phenoxy) is 1. The van der Waals surface area contributed by atoms with Gasteiger partial charge in [0.05, 0.1) is 13.2 Å². The maximum absolute atomic E-state index is 5.96. The third kappa shape index (κ3) is 3.95. The van der Waals surface area contributed by atoms with Crippen LogP contribution in [0.2, 0.25) is 5.02 Å². The Balaban J connectivity index is 1.68. The van der Waals surface area contributed by atoms with Crippen LogP contribution in [-0.2, 0) is 11.2 Å². The van der Waals surface area contributed by atoms with Gasteiger partial charge in [-0.1, -0.05) is 30.7 Å². The van der Waals surface area contributed by atoms with Crippen LogP contribution in [0.4, 0.5) is 0 Å². The fourth-order valence-corrected chi connectivity index (χ4v) is 3.52. The lowest BCUT2D eigenvalue weighted by atomic mass is 9.59. The molecule has 1 aromatic carbocycles. The molecule has 1 N–H and O–H groups in total. The molecule has 0 atom stereocenters. The molecule has 0 bridgehead atoms. The summed E-state index contributed by atoms with van der Waals surface area (Å²) in [5.74, 6) is 0. The number of halogens is 1. The number of hydrogen-bond acceptors (Lipinski definition) is 2. The largest absolute Gasteiger partial charge is 0.381 e. The highest BCUT2D eigenvalue weighted by Gasteiger charge is 2.47. The molecule has 106 valence electrons. The first kappa shape index (κ1) is 14.8. The van der Waals surface area contributed by atoms with Gasteiger partial charge >= 0.3 is 0 Å². The van der Waals surface area contributed by atoms with Gasteiger partial charge in [0, 0.05) is 10.6 Å². The van der Waals surface area contributed by atoms with Crippen LogP contribution in [0.3, 0.4) is 0 Å². The van der Waals surface area contributed by atoms with Crippen LogP contribution in [-0.4, -0.2) is 25.8 Å². The average molecular weight is 282 g/mol. The maximum atomic E-state index is 5.96. The zero-order valence-corrected chi connectivity index (χ0v) is 12.9. The van der Waals surface area contributed by atoms with Gasteiger partial charge in [0.15, 0.2) is 0 Å². The van der Waals surface area contributed by atoms with Crippen LogP contribution in [0, 0.1) is 5.41 Å². The summed E-state index contributed by atoms with van der Waals surface area (Å²) in [6.07, 6.45) is 3.31. The Kier molecular flexibility index (Phi) is 4.54. The van der Waals surface area contributed by atoms with E-state index in [1.807, 2.05) is 25.2 Å². The van der Waals surface area contributed by atoms with Gasteiger partial charge in [0.2, 0.25) is 0 Å². The first-order valence-corrected chi connectivity index (χ1v) is 7.34. The third-order valence-corrected chi connectivity index (χ3v) is 4.35. The number of nitrogens with one attached hydrogen (secondary N) is 1. The topological polar surface area (TPSA) is 21.3 Å². The van der Waals surface area contributed by atoms with Crippen molar-refractivity contribution in [3.63, 3.8) is 0 Å². The van der Waals surface area contributed by atoms with E-state index >= 15 is 0 Å². The standard InChI is InChI=1S/C16H24ClNO/c1-15(10-16(2,11-15)18-3)12-19-8-7-13-5-4-6-14(17)9-13/h4-6,9,18H,7-8,10-12H2,1-3H3. The summed E-state index contributed by atoms with van der Waals surface area (Å²) in [5.41, 5.74) is 1.89. The van der Waals surface area contributed by atoms with Crippen LogP contribution in [0.15, 0.2) is 24.3 Å². The summed E-state index contributed by atoms with van der Waals surface area (Å²) in [5, 5.41) is 4.18. The normalized spacial score (nSPS) is 30.1. The predicted molar refractivity (Wildman–Crippen MR) is 80.8 cm³/mol. The van der Waals surface area contributed by atoms with Crippen LogP contribution in [0.25, 0.3) is 0 Å². The molecule has 2 rings (SSSR count). The molecule has 1 aromatic rings. The summed E-state index contributed by atoms with van der Waals surface area (Å²) in [4.78, 5) is 0. The molecule has 0 amide bonds. The second-order valence-electron chi connectivity index (χ2n) is 6.41. The monoisotopic (exact) mass is 281 g/mol. The summed E-state index contributed by atoms with van der Waals surface area (Å²) < 4.78 is 5.85. The first-order chi connectivity index (χ1) is 8.95. The van der Waals surface area contributed by atoms with Crippen LogP contribution < -0.4 is 5.32 Å². The number of rotatable bonds is 6. The second-order valence-corrected chi connectivity index (χ2v) is 6.84. The van der Waals surface area contributed by atoms with Gasteiger partial charge in [-0.25, -0.2) is 0 Å². The minimum absolute atomic E-state index is 0.311. The van der Waals surface area contributed by atoms with Crippen molar-refractivity contribution in [2.45, 2.75) is 38.6 Å². The minimum Gasteiger partial charge on any atom is -0.381 e. The molecule has 0 saturated heterocycles. The van der Waals surface area contributed by atoms with Crippen molar-refractivity contribution in [1.29, 1.82) is 0 Å². The smallest absolute Gasteiger partial charge is 0.0521 e. The SMILES string of the molecule is CNC1(C)CC(C)(COCCc2cccc(Cl)c2)C1. The molecule has 1 aliphatic rings. The average Bonchev–Trinajstić information content (AvgIpc) is 2.33. The second kappa shape index (κ2) is 5.82. The Bertz CT molecular complexity index is 427. The summed E-state index contributed by atoms with van der Waals surface area (Å²) in [6.45, 7) is 6.21. The lowest BCUT2D eigenvalue weighted by Gasteiger charge is -2.53. The Morgan fingerprint density at radius 3 is 2.68 bits per heavy atom. The van der Waals surface area contributed by atoms with E-state index in [0.29, 0.717) is 11.0 Å². The Morgan fingerprint density at radius 2 is 2.05 bits per heavy atom. The molecule has 1 saturated carbocycles. The van der Waals surface area contributed by atoms with E-state index in [0.717, 1.165) is 24.7 Å². The van der Waals surface area contributed by atoms with E-state index in [4.69, 9.17) is 16.3 Å². The molecule has 1 fully saturated rings. The third-order valence-electron chi connectivity index (χ3n) is 4.11. The Labute approximate surface area is 121 Å². The Hall–Kier alpha value is -0.570. The van der Waals surface area contributed by atoms with Crippen molar-refractivity contribution in [3.8, 4) is 0 Å². The van der Waals surface area contributed by atoms with Gasteiger partial charge in [-0.3, -0.25) is 0 Å². The van der Waals surface area contributed by atoms with Gasteiger partial charge in [0.1, 0.15) is 0 Å². The van der Waals surface area contributed by atoms with Crippen LogP contribution >= 0.6 is 11.6 Å². The van der Waals surface area contributed by atoms with Crippen LogP contribution in [0.5, 0.6) is 0 Å². The molecule has 0 unspecified atom stereocenters. The van der Waals surface area contributed by atoms with Gasteiger partial charge < -0.3 is 10.1 Å². The molecular formula is C16H24ClNO. The molecular weight excluding hydrogens is 258 g/mol. The van der Waals surface area contributed by atoms with E-state index in [2.05, 4.69) is 25.2 Å². The fourth-order valence-electron chi connectivity index (χ4n) is 3.31. The Morgan fingerprint density at radius 1 is 1.32 bits per heavy atom. The summed E-state index contributed by atoms with van der Waals surface area (Å²) >= 11 is 5.96. The summed E-state index contributed by atoms with van der Waals surface area (Å²) in [7, 11) is 2.04. The fraction of sp³-hybridized carbons (Fsp3) is 0.625. The van der Waals surface area contributed by atoms with E-state index in [1.54, 1.807) is 0 Å². The van der Waals surface area contributed by atoms with Crippen molar-refractivity contribution in [2.75, 3.05) is 20.3 Å². The van der Waals surface area contributed by atoms with Crippen molar-refractivity contribution >= 4 is 11.6 Å². The summed E-state index contributed by atoms with van der Waals surface area (Å²) in [6, 6.07) is 8.00. The molecule has 0 radical (unpaired) electrons. The zero-order valence-electron chi connectivity index (χ0n) is 12.1. The van der Waals surface area contributed by atoms with E-state index in [1.165, 1.54) is 18.4 Å². The first-order valence-electron chi connectivity index (χ1n) is 6.96. The molecule has 0 spiro atoms. The van der Waals surface area contributed by atoms with Crippen molar-refractivity contribution in [1.82, 2.24) is 5.32 Å². The van der Waals surface area contributed by atoms with Gasteiger partial charge in [-0.15, -0.1) is 0 Å². The minimum atomic E-state index is 0.311. The van der Waals surface area contributed by atoms with E-state index < -0.39 is 0 Å². The molecule has 0 heterocycles. The number of benzene rings is 1. The highest BCUT2D eigenvalue weighted by Crippen LogP contribution is 2.47. The van der Waals surface area contributed by atoms with Gasteiger partial charge in [-0.2, -0.15) is 0 Å². The molecule has 19 heavy (non-hydrogen) atoms. The van der Waals surface area contributed by atoms with E-state index in [-0.39, 0.29) is 0 Å². The molecule has 3 heteroatoms. The number of hydrogen-bond donors (Lipinski definition) is 1. The lowest BCUT2D eigenvalue weighted by molar-refractivity contribution is -0.0450. The van der Waals surface area contributed by atoms with Crippen LogP contribution in [0.1, 0.15) is 32.3 Å².